The SMILES string of the molecule is Fc1cc(F)c(F)c(/C=C2\C(=C\c3ccccc3)[C@@H]3CC[C@H]2C3)c1F. The van der Waals surface area contributed by atoms with Crippen LogP contribution in [0.15, 0.2) is 47.5 Å². The molecule has 2 saturated carbocycles. The third kappa shape index (κ3) is 2.80. The number of benzene rings is 2. The van der Waals surface area contributed by atoms with Crippen molar-refractivity contribution in [2.75, 3.05) is 0 Å². The van der Waals surface area contributed by atoms with Gasteiger partial charge in [-0.25, -0.2) is 17.6 Å². The number of rotatable bonds is 2. The maximum Gasteiger partial charge on any atom is 0.169 e. The smallest absolute Gasteiger partial charge is 0.169 e. The van der Waals surface area contributed by atoms with Gasteiger partial charge in [0.25, 0.3) is 0 Å². The van der Waals surface area contributed by atoms with Crippen LogP contribution in [0.25, 0.3) is 12.2 Å². The number of allylic oxidation sites excluding steroid dienone is 2. The molecule has 0 unspecified atom stereocenters. The minimum Gasteiger partial charge on any atom is -0.204 e. The van der Waals surface area contributed by atoms with E-state index in [1.807, 2.05) is 36.4 Å². The van der Waals surface area contributed by atoms with Gasteiger partial charge >= 0.3 is 0 Å². The molecular formula is C21H16F4. The molecule has 128 valence electrons. The lowest BCUT2D eigenvalue weighted by atomic mass is 9.87. The fraction of sp³-hybridized carbons (Fsp3) is 0.238. The van der Waals surface area contributed by atoms with Gasteiger partial charge in [-0.15, -0.1) is 0 Å². The van der Waals surface area contributed by atoms with Crippen LogP contribution in [0, 0.1) is 35.1 Å². The van der Waals surface area contributed by atoms with Gasteiger partial charge in [-0.2, -0.15) is 0 Å². The first kappa shape index (κ1) is 16.1. The lowest BCUT2D eigenvalue weighted by molar-refractivity contribution is 0.451. The summed E-state index contributed by atoms with van der Waals surface area (Å²) >= 11 is 0. The van der Waals surface area contributed by atoms with Crippen molar-refractivity contribution in [2.24, 2.45) is 11.8 Å². The summed E-state index contributed by atoms with van der Waals surface area (Å²) in [6, 6.07) is 9.92. The van der Waals surface area contributed by atoms with E-state index in [1.165, 1.54) is 6.08 Å². The molecule has 2 fully saturated rings. The van der Waals surface area contributed by atoms with Crippen LogP contribution >= 0.6 is 0 Å². The van der Waals surface area contributed by atoms with E-state index in [1.54, 1.807) is 0 Å². The Morgan fingerprint density at radius 1 is 0.760 bits per heavy atom. The monoisotopic (exact) mass is 344 g/mol. The molecule has 0 nitrogen and oxygen atoms in total. The van der Waals surface area contributed by atoms with Gasteiger partial charge in [-0.05, 0) is 53.9 Å². The van der Waals surface area contributed by atoms with Gasteiger partial charge in [-0.3, -0.25) is 0 Å². The largest absolute Gasteiger partial charge is 0.204 e. The average molecular weight is 344 g/mol. The predicted molar refractivity (Wildman–Crippen MR) is 89.5 cm³/mol. The zero-order valence-electron chi connectivity index (χ0n) is 13.4. The molecule has 2 bridgehead atoms. The third-order valence-corrected chi connectivity index (χ3v) is 5.21. The summed E-state index contributed by atoms with van der Waals surface area (Å²) in [6.07, 6.45) is 6.20. The van der Waals surface area contributed by atoms with E-state index in [-0.39, 0.29) is 12.0 Å². The molecule has 0 radical (unpaired) electrons. The minimum absolute atomic E-state index is 0.185. The molecule has 4 heteroatoms. The summed E-state index contributed by atoms with van der Waals surface area (Å²) in [5.41, 5.74) is 2.19. The Morgan fingerprint density at radius 3 is 1.92 bits per heavy atom. The molecule has 0 amide bonds. The van der Waals surface area contributed by atoms with Gasteiger partial charge in [0, 0.05) is 6.07 Å². The van der Waals surface area contributed by atoms with E-state index < -0.39 is 28.8 Å². The number of fused-ring (bicyclic) bond motifs is 2. The Hall–Kier alpha value is -2.36. The van der Waals surface area contributed by atoms with Crippen molar-refractivity contribution < 1.29 is 17.6 Å². The second kappa shape index (κ2) is 6.17. The Kier molecular flexibility index (Phi) is 3.98. The Bertz CT molecular complexity index is 854. The standard InChI is InChI=1S/C21H16F4/c22-18-11-19(23)21(25)17(20(18)24)10-16-14-7-6-13(9-14)15(16)8-12-4-2-1-3-5-12/h1-5,8,10-11,13-14H,6-7,9H2/b15-8+,16-10-/t13-,14+/m1/s1. The highest BCUT2D eigenvalue weighted by Crippen LogP contribution is 2.53. The van der Waals surface area contributed by atoms with E-state index in [9.17, 15) is 17.6 Å². The second-order valence-corrected chi connectivity index (χ2v) is 6.70. The van der Waals surface area contributed by atoms with Crippen molar-refractivity contribution >= 4 is 12.2 Å². The highest BCUT2D eigenvalue weighted by molar-refractivity contribution is 5.70. The van der Waals surface area contributed by atoms with Crippen LogP contribution in [0.4, 0.5) is 17.6 Å². The summed E-state index contributed by atoms with van der Waals surface area (Å²) in [5.74, 6) is -4.91. The van der Waals surface area contributed by atoms with Crippen LogP contribution in [-0.2, 0) is 0 Å². The van der Waals surface area contributed by atoms with Gasteiger partial charge in [0.1, 0.15) is 0 Å². The molecule has 2 aromatic carbocycles. The summed E-state index contributed by atoms with van der Waals surface area (Å²) < 4.78 is 55.1. The van der Waals surface area contributed by atoms with Gasteiger partial charge in [0.2, 0.25) is 0 Å². The molecule has 0 aliphatic heterocycles. The first-order valence-electron chi connectivity index (χ1n) is 8.36. The number of hydrogen-bond acceptors (Lipinski definition) is 0. The molecule has 0 N–H and O–H groups in total. The van der Waals surface area contributed by atoms with Gasteiger partial charge < -0.3 is 0 Å². The summed E-state index contributed by atoms with van der Waals surface area (Å²) in [5, 5.41) is 0. The number of hydrogen-bond donors (Lipinski definition) is 0. The minimum atomic E-state index is -1.37. The van der Waals surface area contributed by atoms with Crippen LogP contribution < -0.4 is 0 Å². The maximum atomic E-state index is 14.0. The van der Waals surface area contributed by atoms with E-state index >= 15 is 0 Å². The molecular weight excluding hydrogens is 328 g/mol. The molecule has 2 aliphatic carbocycles. The number of halogens is 4. The molecule has 2 atom stereocenters. The van der Waals surface area contributed by atoms with Crippen LogP contribution in [0.2, 0.25) is 0 Å². The molecule has 2 aliphatic rings. The van der Waals surface area contributed by atoms with Gasteiger partial charge in [0.05, 0.1) is 5.56 Å². The average Bonchev–Trinajstić information content (AvgIpc) is 3.20. The van der Waals surface area contributed by atoms with E-state index in [0.29, 0.717) is 5.92 Å². The van der Waals surface area contributed by atoms with E-state index in [4.69, 9.17) is 0 Å². The lowest BCUT2D eigenvalue weighted by Crippen LogP contribution is -2.05. The Balaban J connectivity index is 1.84. The van der Waals surface area contributed by atoms with E-state index in [0.717, 1.165) is 36.0 Å². The van der Waals surface area contributed by atoms with Crippen molar-refractivity contribution in [3.05, 3.63) is 81.9 Å². The molecule has 4 rings (SSSR count). The first-order chi connectivity index (χ1) is 12.0. The molecule has 25 heavy (non-hydrogen) atoms. The van der Waals surface area contributed by atoms with Crippen molar-refractivity contribution in [3.8, 4) is 0 Å². The summed E-state index contributed by atoms with van der Waals surface area (Å²) in [7, 11) is 0. The molecule has 0 heterocycles. The quantitative estimate of drug-likeness (QED) is 0.453. The molecule has 0 spiro atoms. The van der Waals surface area contributed by atoms with Gasteiger partial charge in [0.15, 0.2) is 23.3 Å². The lowest BCUT2D eigenvalue weighted by Gasteiger charge is -2.18. The van der Waals surface area contributed by atoms with Crippen LogP contribution in [0.1, 0.15) is 30.4 Å². The van der Waals surface area contributed by atoms with Crippen molar-refractivity contribution in [1.29, 1.82) is 0 Å². The fourth-order valence-corrected chi connectivity index (χ4v) is 4.02. The molecule has 0 aromatic heterocycles. The van der Waals surface area contributed by atoms with Gasteiger partial charge in [-0.1, -0.05) is 36.4 Å². The fourth-order valence-electron chi connectivity index (χ4n) is 4.02. The summed E-state index contributed by atoms with van der Waals surface area (Å²) in [6.45, 7) is 0. The van der Waals surface area contributed by atoms with Crippen molar-refractivity contribution in [2.45, 2.75) is 19.3 Å². The summed E-state index contributed by atoms with van der Waals surface area (Å²) in [4.78, 5) is 0. The molecule has 2 aromatic rings. The normalized spacial score (nSPS) is 25.3. The third-order valence-electron chi connectivity index (χ3n) is 5.21. The molecule has 0 saturated heterocycles. The highest BCUT2D eigenvalue weighted by atomic mass is 19.2. The Labute approximate surface area is 143 Å². The zero-order valence-corrected chi connectivity index (χ0v) is 13.4. The highest BCUT2D eigenvalue weighted by Gasteiger charge is 2.39. The van der Waals surface area contributed by atoms with Crippen LogP contribution in [0.3, 0.4) is 0 Å². The Morgan fingerprint density at radius 2 is 1.32 bits per heavy atom. The maximum absolute atomic E-state index is 14.0. The first-order valence-corrected chi connectivity index (χ1v) is 8.36. The van der Waals surface area contributed by atoms with Crippen molar-refractivity contribution in [3.63, 3.8) is 0 Å². The second-order valence-electron chi connectivity index (χ2n) is 6.70. The topological polar surface area (TPSA) is 0 Å². The zero-order chi connectivity index (χ0) is 17.6. The van der Waals surface area contributed by atoms with Crippen LogP contribution in [-0.4, -0.2) is 0 Å². The predicted octanol–water partition coefficient (Wildman–Crippen LogP) is 6.14. The van der Waals surface area contributed by atoms with Crippen LogP contribution in [0.5, 0.6) is 0 Å². The van der Waals surface area contributed by atoms with E-state index in [2.05, 4.69) is 0 Å². The van der Waals surface area contributed by atoms with Crippen molar-refractivity contribution in [1.82, 2.24) is 0 Å².